The van der Waals surface area contributed by atoms with Crippen LogP contribution >= 0.6 is 11.3 Å². The van der Waals surface area contributed by atoms with E-state index in [2.05, 4.69) is 5.10 Å². The molecule has 0 aliphatic heterocycles. The van der Waals surface area contributed by atoms with Gasteiger partial charge in [-0.2, -0.15) is 5.10 Å². The summed E-state index contributed by atoms with van der Waals surface area (Å²) in [5.74, 6) is -3.45. The van der Waals surface area contributed by atoms with E-state index in [1.165, 1.54) is 16.9 Å². The molecule has 31 heavy (non-hydrogen) atoms. The minimum atomic E-state index is -1.13. The van der Waals surface area contributed by atoms with Crippen LogP contribution in [-0.2, 0) is 11.3 Å². The lowest BCUT2D eigenvalue weighted by Gasteiger charge is -2.04. The molecule has 0 spiro atoms. The lowest BCUT2D eigenvalue weighted by molar-refractivity contribution is 0.0479. The summed E-state index contributed by atoms with van der Waals surface area (Å²) >= 11 is 1.23. The number of halogens is 2. The summed E-state index contributed by atoms with van der Waals surface area (Å²) in [5, 5.41) is 5.40. The fourth-order valence-corrected chi connectivity index (χ4v) is 4.20. The van der Waals surface area contributed by atoms with E-state index < -0.39 is 30.0 Å². The van der Waals surface area contributed by atoms with E-state index in [1.54, 1.807) is 6.07 Å². The molecule has 0 amide bonds. The average Bonchev–Trinajstić information content (AvgIpc) is 3.31. The number of benzene rings is 2. The Morgan fingerprint density at radius 2 is 1.77 bits per heavy atom. The van der Waals surface area contributed by atoms with Crippen molar-refractivity contribution >= 4 is 33.3 Å². The van der Waals surface area contributed by atoms with Crippen molar-refractivity contribution in [2.24, 2.45) is 0 Å². The first kappa shape index (κ1) is 20.9. The minimum Gasteiger partial charge on any atom is -0.453 e. The van der Waals surface area contributed by atoms with Crippen LogP contribution in [0.3, 0.4) is 0 Å². The summed E-state index contributed by atoms with van der Waals surface area (Å²) in [5.41, 5.74) is 2.98. The Kier molecular flexibility index (Phi) is 5.65. The van der Waals surface area contributed by atoms with Crippen molar-refractivity contribution in [3.05, 3.63) is 87.4 Å². The third kappa shape index (κ3) is 4.39. The Bertz CT molecular complexity index is 1290. The van der Waals surface area contributed by atoms with E-state index in [0.29, 0.717) is 11.4 Å². The van der Waals surface area contributed by atoms with Gasteiger partial charge < -0.3 is 4.74 Å². The summed E-state index contributed by atoms with van der Waals surface area (Å²) in [6, 6.07) is 12.6. The molecule has 0 radical (unpaired) electrons. The Labute approximate surface area is 180 Å². The molecule has 8 heteroatoms. The van der Waals surface area contributed by atoms with Crippen LogP contribution in [0, 0.1) is 25.5 Å². The van der Waals surface area contributed by atoms with Crippen LogP contribution in [0.4, 0.5) is 8.78 Å². The van der Waals surface area contributed by atoms with E-state index >= 15 is 0 Å². The summed E-state index contributed by atoms with van der Waals surface area (Å²) in [6.45, 7) is 3.89. The van der Waals surface area contributed by atoms with Gasteiger partial charge in [-0.15, -0.1) is 11.3 Å². The highest BCUT2D eigenvalue weighted by Crippen LogP contribution is 2.29. The first-order chi connectivity index (χ1) is 14.8. The Balaban J connectivity index is 1.48. The lowest BCUT2D eigenvalue weighted by atomic mass is 10.1. The zero-order valence-corrected chi connectivity index (χ0v) is 17.6. The molecule has 2 aromatic carbocycles. The summed E-state index contributed by atoms with van der Waals surface area (Å²) < 4.78 is 33.2. The average molecular weight is 440 g/mol. The number of thiophene rings is 1. The molecule has 0 saturated heterocycles. The number of Topliss-reactive ketones (excluding diaryl/α,β-unsaturated/α-hetero) is 1. The number of hydrogen-bond donors (Lipinski definition) is 0. The number of esters is 1. The number of rotatable bonds is 6. The molecule has 0 aliphatic carbocycles. The monoisotopic (exact) mass is 440 g/mol. The summed E-state index contributed by atoms with van der Waals surface area (Å²) in [7, 11) is 0. The third-order valence-corrected chi connectivity index (χ3v) is 5.97. The molecule has 0 unspecified atom stereocenters. The molecule has 0 atom stereocenters. The third-order valence-electron chi connectivity index (χ3n) is 4.84. The van der Waals surface area contributed by atoms with Crippen LogP contribution in [0.5, 0.6) is 0 Å². The molecule has 0 fully saturated rings. The van der Waals surface area contributed by atoms with Gasteiger partial charge in [0.25, 0.3) is 0 Å². The number of aryl methyl sites for hydroxylation is 2. The first-order valence-corrected chi connectivity index (χ1v) is 10.3. The molecular formula is C23H18F2N2O3S. The molecule has 0 bridgehead atoms. The number of hydrogen-bond acceptors (Lipinski definition) is 5. The van der Waals surface area contributed by atoms with Crippen LogP contribution in [-0.4, -0.2) is 28.1 Å². The van der Waals surface area contributed by atoms with Gasteiger partial charge >= 0.3 is 5.97 Å². The second-order valence-electron chi connectivity index (χ2n) is 7.19. The van der Waals surface area contributed by atoms with Gasteiger partial charge in [0.2, 0.25) is 0 Å². The topological polar surface area (TPSA) is 61.2 Å². The van der Waals surface area contributed by atoms with Crippen LogP contribution < -0.4 is 0 Å². The predicted molar refractivity (Wildman–Crippen MR) is 114 cm³/mol. The van der Waals surface area contributed by atoms with Crippen molar-refractivity contribution in [2.45, 2.75) is 20.4 Å². The van der Waals surface area contributed by atoms with Gasteiger partial charge in [-0.25, -0.2) is 13.6 Å². The van der Waals surface area contributed by atoms with E-state index in [-0.39, 0.29) is 5.56 Å². The van der Waals surface area contributed by atoms with Gasteiger partial charge in [-0.1, -0.05) is 29.8 Å². The molecule has 0 saturated carbocycles. The molecule has 2 aromatic heterocycles. The first-order valence-electron chi connectivity index (χ1n) is 9.49. The SMILES string of the molecule is Cc1ccc(Cn2nc(C)c3cc(C(=O)OCC(=O)c4ccc(F)c(F)c4)sc32)cc1. The van der Waals surface area contributed by atoms with Crippen LogP contribution in [0.1, 0.15) is 36.9 Å². The second kappa shape index (κ2) is 8.39. The maximum atomic E-state index is 13.3. The number of fused-ring (bicyclic) bond motifs is 1. The van der Waals surface area contributed by atoms with Crippen molar-refractivity contribution in [2.75, 3.05) is 6.61 Å². The van der Waals surface area contributed by atoms with Gasteiger partial charge in [0.1, 0.15) is 9.71 Å². The van der Waals surface area contributed by atoms with Gasteiger partial charge in [0, 0.05) is 10.9 Å². The highest BCUT2D eigenvalue weighted by Gasteiger charge is 2.19. The van der Waals surface area contributed by atoms with Gasteiger partial charge in [-0.05, 0) is 43.7 Å². The van der Waals surface area contributed by atoms with E-state index in [9.17, 15) is 18.4 Å². The van der Waals surface area contributed by atoms with Gasteiger partial charge in [0.15, 0.2) is 24.0 Å². The highest BCUT2D eigenvalue weighted by molar-refractivity contribution is 7.20. The predicted octanol–water partition coefficient (Wildman–Crippen LogP) is 5.08. The number of carbonyl (C=O) groups excluding carboxylic acids is 2. The van der Waals surface area contributed by atoms with Crippen LogP contribution in [0.15, 0.2) is 48.5 Å². The largest absolute Gasteiger partial charge is 0.453 e. The number of nitrogens with zero attached hydrogens (tertiary/aromatic N) is 2. The minimum absolute atomic E-state index is 0.0624. The van der Waals surface area contributed by atoms with E-state index in [0.717, 1.165) is 39.7 Å². The zero-order chi connectivity index (χ0) is 22.1. The Hall–Kier alpha value is -3.39. The molecule has 5 nitrogen and oxygen atoms in total. The van der Waals surface area contributed by atoms with Crippen LogP contribution in [0.25, 0.3) is 10.2 Å². The maximum absolute atomic E-state index is 13.3. The summed E-state index contributed by atoms with van der Waals surface area (Å²) in [4.78, 5) is 25.8. The highest BCUT2D eigenvalue weighted by atomic mass is 32.1. The van der Waals surface area contributed by atoms with Crippen molar-refractivity contribution in [3.63, 3.8) is 0 Å². The number of ketones is 1. The molecule has 4 aromatic rings. The van der Waals surface area contributed by atoms with Gasteiger partial charge in [-0.3, -0.25) is 9.48 Å². The van der Waals surface area contributed by atoms with Gasteiger partial charge in [0.05, 0.1) is 12.2 Å². The smallest absolute Gasteiger partial charge is 0.348 e. The van der Waals surface area contributed by atoms with Crippen molar-refractivity contribution in [1.29, 1.82) is 0 Å². The zero-order valence-electron chi connectivity index (χ0n) is 16.8. The fourth-order valence-electron chi connectivity index (χ4n) is 3.14. The molecule has 0 N–H and O–H groups in total. The molecule has 4 rings (SSSR count). The van der Waals surface area contributed by atoms with Crippen molar-refractivity contribution in [3.8, 4) is 0 Å². The van der Waals surface area contributed by atoms with Crippen molar-refractivity contribution < 1.29 is 23.1 Å². The second-order valence-corrected chi connectivity index (χ2v) is 8.22. The van der Waals surface area contributed by atoms with E-state index in [4.69, 9.17) is 4.74 Å². The summed E-state index contributed by atoms with van der Waals surface area (Å²) in [6.07, 6.45) is 0. The van der Waals surface area contributed by atoms with Crippen molar-refractivity contribution in [1.82, 2.24) is 9.78 Å². The molecular weight excluding hydrogens is 422 g/mol. The maximum Gasteiger partial charge on any atom is 0.348 e. The number of aromatic nitrogens is 2. The Morgan fingerprint density at radius 1 is 1.03 bits per heavy atom. The number of ether oxygens (including phenoxy) is 1. The quantitative estimate of drug-likeness (QED) is 0.310. The lowest BCUT2D eigenvalue weighted by Crippen LogP contribution is -2.14. The van der Waals surface area contributed by atoms with E-state index in [1.807, 2.05) is 42.8 Å². The fraction of sp³-hybridized carbons (Fsp3) is 0.174. The standard InChI is InChI=1S/C23H18F2N2O3S/c1-13-3-5-15(6-4-13)11-27-22-17(14(2)26-27)10-21(31-22)23(29)30-12-20(28)16-7-8-18(24)19(25)9-16/h3-10H,11-12H2,1-2H3. The Morgan fingerprint density at radius 3 is 2.48 bits per heavy atom. The molecule has 158 valence electrons. The number of carbonyl (C=O) groups is 2. The van der Waals surface area contributed by atoms with Crippen LogP contribution in [0.2, 0.25) is 0 Å². The normalized spacial score (nSPS) is 11.1. The molecule has 2 heterocycles. The molecule has 0 aliphatic rings.